The number of nitrogens with zero attached hydrogens (tertiary/aromatic N) is 1. The first-order valence-corrected chi connectivity index (χ1v) is 8.81. The van der Waals surface area contributed by atoms with Crippen LogP contribution in [-0.2, 0) is 4.79 Å². The minimum absolute atomic E-state index is 0.0341. The minimum atomic E-state index is -0.495. The molecule has 0 fully saturated rings. The van der Waals surface area contributed by atoms with Gasteiger partial charge in [-0.1, -0.05) is 0 Å². The second-order valence-electron chi connectivity index (χ2n) is 4.74. The molecule has 0 aliphatic heterocycles. The number of nitro groups is 1. The van der Waals surface area contributed by atoms with Crippen molar-refractivity contribution in [1.82, 2.24) is 0 Å². The number of hydrogen-bond acceptors (Lipinski definition) is 4. The van der Waals surface area contributed by atoms with Crippen molar-refractivity contribution in [1.29, 1.82) is 0 Å². The summed E-state index contributed by atoms with van der Waals surface area (Å²) in [6.07, 6.45) is 0. The molecular weight excluding hydrogens is 363 g/mol. The molecule has 0 aliphatic rings. The van der Waals surface area contributed by atoms with E-state index in [1.807, 2.05) is 12.1 Å². The number of benzene rings is 2. The Balaban J connectivity index is 2.14. The van der Waals surface area contributed by atoms with Crippen molar-refractivity contribution in [3.05, 3.63) is 64.2 Å². The molecule has 2 aromatic carbocycles. The molecule has 0 aliphatic carbocycles. The molecule has 0 saturated heterocycles. The van der Waals surface area contributed by atoms with Crippen LogP contribution < -0.4 is 9.78 Å². The Morgan fingerprint density at radius 1 is 1.13 bits per heavy atom. The second-order valence-corrected chi connectivity index (χ2v) is 6.88. The summed E-state index contributed by atoms with van der Waals surface area (Å²) < 4.78 is 0.856. The first-order valence-electron chi connectivity index (χ1n) is 6.74. The number of anilines is 1. The quantitative estimate of drug-likeness (QED) is 0.475. The Kier molecular flexibility index (Phi) is 5.62. The number of amides is 1. The Hall–Kier alpha value is -2.50. The Morgan fingerprint density at radius 2 is 1.78 bits per heavy atom. The van der Waals surface area contributed by atoms with E-state index in [2.05, 4.69) is 5.32 Å². The van der Waals surface area contributed by atoms with Crippen LogP contribution in [0, 0.1) is 10.1 Å². The predicted molar refractivity (Wildman–Crippen MR) is 88.4 cm³/mol. The Morgan fingerprint density at radius 3 is 2.39 bits per heavy atom. The fourth-order valence-electron chi connectivity index (χ4n) is 1.82. The number of carbonyl (C=O) groups excluding carboxylic acids is 2. The van der Waals surface area contributed by atoms with E-state index in [1.54, 1.807) is 12.1 Å². The summed E-state index contributed by atoms with van der Waals surface area (Å²) in [5.74, 6) is -0.199. The summed E-state index contributed by atoms with van der Waals surface area (Å²) in [5.41, 5.74) is 0.967. The molecule has 0 unspecified atom stereocenters. The molecule has 0 atom stereocenters. The number of ketones is 1. The van der Waals surface area contributed by atoms with Gasteiger partial charge in [0.1, 0.15) is 0 Å². The standard InChI is InChI=1S/C16H14N2O4Se/c1-11(19)10-23-15-5-3-2-4-14(15)16(20)17-12-6-8-13(9-7-12)18(21)22/h2-9H,10H2,1H3,(H,17,20). The van der Waals surface area contributed by atoms with Crippen molar-refractivity contribution in [3.63, 3.8) is 0 Å². The normalized spacial score (nSPS) is 10.1. The van der Waals surface area contributed by atoms with Crippen molar-refractivity contribution >= 4 is 42.5 Å². The van der Waals surface area contributed by atoms with E-state index in [9.17, 15) is 19.7 Å². The number of nitro benzene ring substituents is 1. The monoisotopic (exact) mass is 378 g/mol. The van der Waals surface area contributed by atoms with Crippen molar-refractivity contribution in [2.75, 3.05) is 5.32 Å². The first kappa shape index (κ1) is 16.9. The number of hydrogen-bond donors (Lipinski definition) is 1. The second kappa shape index (κ2) is 7.67. The molecule has 0 aromatic heterocycles. The van der Waals surface area contributed by atoms with Crippen LogP contribution in [-0.4, -0.2) is 31.6 Å². The number of non-ortho nitro benzene ring substituents is 1. The van der Waals surface area contributed by atoms with Crippen molar-refractivity contribution in [3.8, 4) is 0 Å². The van der Waals surface area contributed by atoms with Gasteiger partial charge in [0.25, 0.3) is 0 Å². The molecule has 0 bridgehead atoms. The predicted octanol–water partition coefficient (Wildman–Crippen LogP) is 2.18. The molecule has 1 N–H and O–H groups in total. The SMILES string of the molecule is CC(=O)C[Se]c1ccccc1C(=O)Nc1ccc([N+](=O)[O-])cc1. The zero-order chi connectivity index (χ0) is 16.8. The van der Waals surface area contributed by atoms with Gasteiger partial charge in [-0.05, 0) is 0 Å². The van der Waals surface area contributed by atoms with Crippen LogP contribution in [0.5, 0.6) is 0 Å². The number of nitrogens with one attached hydrogen (secondary N) is 1. The van der Waals surface area contributed by atoms with Gasteiger partial charge in [-0.2, -0.15) is 0 Å². The van der Waals surface area contributed by atoms with E-state index in [4.69, 9.17) is 0 Å². The van der Waals surface area contributed by atoms with Gasteiger partial charge in [0.15, 0.2) is 0 Å². The Labute approximate surface area is 139 Å². The number of Topliss-reactive ketones (excluding diaryl/α,β-unsaturated/α-hetero) is 1. The van der Waals surface area contributed by atoms with Crippen LogP contribution in [0.4, 0.5) is 11.4 Å². The van der Waals surface area contributed by atoms with Gasteiger partial charge in [-0.25, -0.2) is 0 Å². The molecule has 23 heavy (non-hydrogen) atoms. The van der Waals surface area contributed by atoms with Gasteiger partial charge in [0.05, 0.1) is 0 Å². The van der Waals surface area contributed by atoms with Crippen LogP contribution in [0.25, 0.3) is 0 Å². The summed E-state index contributed by atoms with van der Waals surface area (Å²) in [6.45, 7) is 1.53. The van der Waals surface area contributed by atoms with Crippen LogP contribution in [0.15, 0.2) is 48.5 Å². The van der Waals surface area contributed by atoms with Crippen LogP contribution in [0.3, 0.4) is 0 Å². The van der Waals surface area contributed by atoms with E-state index >= 15 is 0 Å². The zero-order valence-corrected chi connectivity index (χ0v) is 14.0. The van der Waals surface area contributed by atoms with Crippen molar-refractivity contribution in [2.45, 2.75) is 12.2 Å². The summed E-state index contributed by atoms with van der Waals surface area (Å²) in [7, 11) is 0. The Bertz CT molecular complexity index is 744. The first-order chi connectivity index (χ1) is 11.0. The molecule has 0 radical (unpaired) electrons. The third-order valence-electron chi connectivity index (χ3n) is 2.90. The van der Waals surface area contributed by atoms with E-state index in [1.165, 1.54) is 31.2 Å². The van der Waals surface area contributed by atoms with E-state index in [-0.39, 0.29) is 32.3 Å². The third kappa shape index (κ3) is 4.74. The van der Waals surface area contributed by atoms with Gasteiger partial charge in [-0.3, -0.25) is 0 Å². The maximum atomic E-state index is 12.4. The molecule has 1 amide bonds. The molecule has 118 valence electrons. The van der Waals surface area contributed by atoms with Gasteiger partial charge in [-0.15, -0.1) is 0 Å². The molecule has 0 spiro atoms. The summed E-state index contributed by atoms with van der Waals surface area (Å²) >= 11 is -0.102. The summed E-state index contributed by atoms with van der Waals surface area (Å²) in [5, 5.41) is 13.8. The molecular formula is C16H14N2O4Se. The van der Waals surface area contributed by atoms with Crippen molar-refractivity contribution in [2.24, 2.45) is 0 Å². The van der Waals surface area contributed by atoms with Crippen LogP contribution >= 0.6 is 0 Å². The van der Waals surface area contributed by atoms with E-state index in [0.717, 1.165) is 4.46 Å². The fourth-order valence-corrected chi connectivity index (χ4v) is 3.61. The summed E-state index contributed by atoms with van der Waals surface area (Å²) in [4.78, 5) is 33.6. The van der Waals surface area contributed by atoms with Gasteiger partial charge in [0, 0.05) is 0 Å². The molecule has 2 aromatic rings. The van der Waals surface area contributed by atoms with Crippen LogP contribution in [0.1, 0.15) is 17.3 Å². The van der Waals surface area contributed by atoms with E-state index in [0.29, 0.717) is 16.6 Å². The average Bonchev–Trinajstić information content (AvgIpc) is 2.53. The average molecular weight is 377 g/mol. The van der Waals surface area contributed by atoms with Gasteiger partial charge < -0.3 is 0 Å². The summed E-state index contributed by atoms with van der Waals surface area (Å²) in [6, 6.07) is 12.8. The molecule has 0 heterocycles. The van der Waals surface area contributed by atoms with Gasteiger partial charge >= 0.3 is 139 Å². The van der Waals surface area contributed by atoms with Crippen molar-refractivity contribution < 1.29 is 14.5 Å². The molecule has 7 heteroatoms. The topological polar surface area (TPSA) is 89.3 Å². The number of rotatable bonds is 6. The fraction of sp³-hybridized carbons (Fsp3) is 0.125. The van der Waals surface area contributed by atoms with Crippen LogP contribution in [0.2, 0.25) is 5.32 Å². The van der Waals surface area contributed by atoms with E-state index < -0.39 is 4.92 Å². The molecule has 2 rings (SSSR count). The molecule has 6 nitrogen and oxygen atoms in total. The third-order valence-corrected chi connectivity index (χ3v) is 5.45. The number of carbonyl (C=O) groups is 2. The molecule has 0 saturated carbocycles. The maximum absolute atomic E-state index is 12.4. The zero-order valence-electron chi connectivity index (χ0n) is 12.3. The van der Waals surface area contributed by atoms with Gasteiger partial charge in [0.2, 0.25) is 0 Å².